The summed E-state index contributed by atoms with van der Waals surface area (Å²) in [4.78, 5) is 4.87. The predicted molar refractivity (Wildman–Crippen MR) is 104 cm³/mol. The zero-order valence-corrected chi connectivity index (χ0v) is 16.7. The Kier molecular flexibility index (Phi) is 6.45. The van der Waals surface area contributed by atoms with Crippen molar-refractivity contribution in [2.75, 3.05) is 0 Å². The maximum Gasteiger partial charge on any atom is 0.398 e. The summed E-state index contributed by atoms with van der Waals surface area (Å²) >= 11 is 7.08. The van der Waals surface area contributed by atoms with E-state index in [9.17, 15) is 22.7 Å². The Morgan fingerprint density at radius 1 is 1.31 bits per heavy atom. The van der Waals surface area contributed by atoms with Crippen LogP contribution in [0.1, 0.15) is 28.6 Å². The zero-order chi connectivity index (χ0) is 21.2. The zero-order valence-electron chi connectivity index (χ0n) is 15.1. The molecule has 1 heterocycles. The highest BCUT2D eigenvalue weighted by molar-refractivity contribution is 7.13. The Bertz CT molecular complexity index is 959. The van der Waals surface area contributed by atoms with Crippen molar-refractivity contribution in [3.63, 3.8) is 0 Å². The van der Waals surface area contributed by atoms with Crippen LogP contribution in [0.15, 0.2) is 48.6 Å². The maximum absolute atomic E-state index is 13.9. The van der Waals surface area contributed by atoms with Crippen molar-refractivity contribution in [1.29, 1.82) is 0 Å². The van der Waals surface area contributed by atoms with Gasteiger partial charge in [0.15, 0.2) is 11.6 Å². The minimum absolute atomic E-state index is 0.0942. The monoisotopic (exact) mass is 445 g/mol. The maximum atomic E-state index is 13.9. The lowest BCUT2D eigenvalue weighted by Gasteiger charge is -2.11. The van der Waals surface area contributed by atoms with E-state index in [4.69, 9.17) is 16.3 Å². The Morgan fingerprint density at radius 3 is 2.72 bits per heavy atom. The highest BCUT2D eigenvalue weighted by atomic mass is 35.5. The first-order valence-corrected chi connectivity index (χ1v) is 9.74. The van der Waals surface area contributed by atoms with Crippen molar-refractivity contribution in [2.24, 2.45) is 5.92 Å². The third kappa shape index (κ3) is 5.07. The van der Waals surface area contributed by atoms with E-state index in [0.29, 0.717) is 21.2 Å². The molecule has 0 spiro atoms. The summed E-state index contributed by atoms with van der Waals surface area (Å²) in [7, 11) is 0. The second-order valence-corrected chi connectivity index (χ2v) is 7.72. The molecule has 0 amide bonds. The number of hydrogen-bond acceptors (Lipinski definition) is 4. The van der Waals surface area contributed by atoms with Gasteiger partial charge in [0, 0.05) is 5.57 Å². The van der Waals surface area contributed by atoms with E-state index in [2.05, 4.69) is 4.98 Å². The van der Waals surface area contributed by atoms with Crippen LogP contribution in [0.5, 0.6) is 5.75 Å². The van der Waals surface area contributed by atoms with Gasteiger partial charge in [-0.1, -0.05) is 48.0 Å². The number of thiazole rings is 1. The Morgan fingerprint density at radius 2 is 2.07 bits per heavy atom. The van der Waals surface area contributed by atoms with Crippen LogP contribution in [0.3, 0.4) is 0 Å². The molecule has 1 aliphatic carbocycles. The highest BCUT2D eigenvalue weighted by Crippen LogP contribution is 2.35. The van der Waals surface area contributed by atoms with Crippen molar-refractivity contribution in [3.05, 3.63) is 75.0 Å². The third-order valence-corrected chi connectivity index (χ3v) is 5.70. The van der Waals surface area contributed by atoms with Crippen LogP contribution in [0.25, 0.3) is 5.57 Å². The fraction of sp³-hybridized carbons (Fsp3) is 0.250. The molecule has 9 heteroatoms. The fourth-order valence-corrected chi connectivity index (χ4v) is 3.87. The molecule has 1 aromatic heterocycles. The van der Waals surface area contributed by atoms with Gasteiger partial charge in [-0.25, -0.2) is 9.37 Å². The number of halogens is 5. The number of para-hydroxylation sites is 1. The van der Waals surface area contributed by atoms with Gasteiger partial charge in [0.2, 0.25) is 0 Å². The number of alkyl halides is 3. The summed E-state index contributed by atoms with van der Waals surface area (Å²) in [6.45, 7) is 1.38. The lowest BCUT2D eigenvalue weighted by atomic mass is 10.1. The van der Waals surface area contributed by atoms with E-state index in [1.165, 1.54) is 43.4 Å². The summed E-state index contributed by atoms with van der Waals surface area (Å²) in [6, 6.07) is 4.12. The molecule has 154 valence electrons. The van der Waals surface area contributed by atoms with Crippen LogP contribution >= 0.6 is 22.9 Å². The molecule has 29 heavy (non-hydrogen) atoms. The van der Waals surface area contributed by atoms with Gasteiger partial charge in [-0.05, 0) is 19.1 Å². The average Bonchev–Trinajstić information content (AvgIpc) is 2.89. The molecule has 0 aliphatic heterocycles. The molecule has 1 aliphatic rings. The molecule has 1 aromatic carbocycles. The van der Waals surface area contributed by atoms with E-state index in [1.54, 1.807) is 0 Å². The Labute approximate surface area is 173 Å². The minimum Gasteiger partial charge on any atom is -0.483 e. The van der Waals surface area contributed by atoms with Crippen molar-refractivity contribution in [3.8, 4) is 5.75 Å². The molecule has 1 N–H and O–H groups in total. The summed E-state index contributed by atoms with van der Waals surface area (Å²) in [5.41, 5.74) is 0.823. The van der Waals surface area contributed by atoms with E-state index in [-0.39, 0.29) is 17.4 Å². The lowest BCUT2D eigenvalue weighted by molar-refractivity contribution is -0.148. The van der Waals surface area contributed by atoms with Crippen LogP contribution in [0, 0.1) is 11.7 Å². The first-order valence-electron chi connectivity index (χ1n) is 8.55. The second-order valence-electron chi connectivity index (χ2n) is 6.28. The number of aliphatic hydroxyl groups excluding tert-OH is 1. The summed E-state index contributed by atoms with van der Waals surface area (Å²) in [5, 5.41) is 10.6. The number of nitrogens with zero attached hydrogens (tertiary/aromatic N) is 1. The normalized spacial score (nSPS) is 17.8. The van der Waals surface area contributed by atoms with Gasteiger partial charge in [0.1, 0.15) is 11.6 Å². The lowest BCUT2D eigenvalue weighted by Crippen LogP contribution is -2.18. The van der Waals surface area contributed by atoms with Crippen LogP contribution in [0.2, 0.25) is 5.02 Å². The molecule has 0 bridgehead atoms. The van der Waals surface area contributed by atoms with E-state index >= 15 is 0 Å². The Hall–Kier alpha value is -2.16. The molecular formula is C20H16ClF4NO2S. The standard InChI is InChI=1S/C20H16ClF4NO2S/c1-11(27)18-16(10-28-17-14(21)6-3-7-15(17)22)26-19(29-18)12-4-2-5-13(9-8-12)20(23,24)25/h2-9,11,13,27H,10H2,1H3. The van der Waals surface area contributed by atoms with Gasteiger partial charge < -0.3 is 9.84 Å². The van der Waals surface area contributed by atoms with Crippen LogP contribution in [0.4, 0.5) is 17.6 Å². The molecule has 3 nitrogen and oxygen atoms in total. The quantitative estimate of drug-likeness (QED) is 0.553. The number of ether oxygens (including phenoxy) is 1. The van der Waals surface area contributed by atoms with Crippen molar-refractivity contribution >= 4 is 28.5 Å². The smallest absolute Gasteiger partial charge is 0.398 e. The number of aliphatic hydroxyl groups is 1. The van der Waals surface area contributed by atoms with E-state index in [1.807, 2.05) is 0 Å². The van der Waals surface area contributed by atoms with Crippen LogP contribution < -0.4 is 4.74 Å². The molecule has 0 fully saturated rings. The summed E-state index contributed by atoms with van der Waals surface area (Å²) in [5.74, 6) is -2.45. The van der Waals surface area contributed by atoms with Gasteiger partial charge in [0.25, 0.3) is 0 Å². The molecule has 2 atom stereocenters. The third-order valence-electron chi connectivity index (χ3n) is 4.08. The molecule has 0 radical (unpaired) electrons. The Balaban J connectivity index is 1.86. The fourth-order valence-electron chi connectivity index (χ4n) is 2.64. The highest BCUT2D eigenvalue weighted by Gasteiger charge is 2.36. The first kappa shape index (κ1) is 21.5. The van der Waals surface area contributed by atoms with Gasteiger partial charge in [0.05, 0.1) is 27.6 Å². The molecule has 3 rings (SSSR count). The first-order chi connectivity index (χ1) is 13.7. The van der Waals surface area contributed by atoms with E-state index < -0.39 is 24.0 Å². The van der Waals surface area contributed by atoms with Gasteiger partial charge in [-0.3, -0.25) is 0 Å². The number of benzene rings is 1. The topological polar surface area (TPSA) is 42.4 Å². The van der Waals surface area contributed by atoms with Gasteiger partial charge in [-0.2, -0.15) is 13.2 Å². The van der Waals surface area contributed by atoms with Gasteiger partial charge >= 0.3 is 6.18 Å². The van der Waals surface area contributed by atoms with Crippen molar-refractivity contribution in [1.82, 2.24) is 4.98 Å². The minimum atomic E-state index is -4.37. The largest absolute Gasteiger partial charge is 0.483 e. The van der Waals surface area contributed by atoms with Crippen molar-refractivity contribution < 1.29 is 27.4 Å². The number of aromatic nitrogens is 1. The molecule has 2 unspecified atom stereocenters. The molecule has 0 saturated heterocycles. The second kappa shape index (κ2) is 8.69. The number of allylic oxidation sites excluding steroid dienone is 6. The molecular weight excluding hydrogens is 430 g/mol. The van der Waals surface area contributed by atoms with Gasteiger partial charge in [-0.15, -0.1) is 11.3 Å². The summed E-state index contributed by atoms with van der Waals surface area (Å²) < 4.78 is 58.1. The number of rotatable bonds is 5. The molecule has 0 saturated carbocycles. The van der Waals surface area contributed by atoms with Crippen molar-refractivity contribution in [2.45, 2.75) is 25.8 Å². The van der Waals surface area contributed by atoms with Crippen LogP contribution in [-0.2, 0) is 6.61 Å². The predicted octanol–water partition coefficient (Wildman–Crippen LogP) is 6.26. The number of hydrogen-bond donors (Lipinski definition) is 1. The summed E-state index contributed by atoms with van der Waals surface area (Å²) in [6.07, 6.45) is 1.04. The van der Waals surface area contributed by atoms with E-state index in [0.717, 1.165) is 23.5 Å². The SMILES string of the molecule is CC(O)c1sc(C2=CC=CC(C(F)(F)F)C=C2)nc1COc1c(F)cccc1Cl. The average molecular weight is 446 g/mol. The molecule has 2 aromatic rings. The van der Waals surface area contributed by atoms with Crippen LogP contribution in [-0.4, -0.2) is 16.3 Å².